The van der Waals surface area contributed by atoms with Crippen molar-refractivity contribution in [3.63, 3.8) is 0 Å². The number of methoxy groups -OCH3 is 1. The van der Waals surface area contributed by atoms with Crippen molar-refractivity contribution in [2.45, 2.75) is 38.8 Å². The molecule has 2 rings (SSSR count). The van der Waals surface area contributed by atoms with E-state index < -0.39 is 5.54 Å². The van der Waals surface area contributed by atoms with Gasteiger partial charge in [-0.25, -0.2) is 0 Å². The fourth-order valence-electron chi connectivity index (χ4n) is 2.11. The molecule has 17 heavy (non-hydrogen) atoms. The van der Waals surface area contributed by atoms with Gasteiger partial charge < -0.3 is 10.5 Å². The maximum atomic E-state index is 12.5. The molecule has 1 aliphatic carbocycles. The number of nitrogens with zero attached hydrogens (tertiary/aromatic N) is 2. The van der Waals surface area contributed by atoms with Gasteiger partial charge in [0.15, 0.2) is 5.75 Å². The first-order valence-electron chi connectivity index (χ1n) is 5.95. The fourth-order valence-corrected chi connectivity index (χ4v) is 2.11. The largest absolute Gasteiger partial charge is 0.493 e. The second-order valence-electron chi connectivity index (χ2n) is 4.76. The summed E-state index contributed by atoms with van der Waals surface area (Å²) in [6, 6.07) is 0. The van der Waals surface area contributed by atoms with Crippen LogP contribution in [0.15, 0.2) is 6.20 Å². The maximum Gasteiger partial charge on any atom is 0.204 e. The lowest BCUT2D eigenvalue weighted by Crippen LogP contribution is -2.48. The number of hydrogen-bond donors (Lipinski definition) is 1. The van der Waals surface area contributed by atoms with Crippen molar-refractivity contribution in [3.8, 4) is 5.75 Å². The molecule has 5 heteroatoms. The molecule has 0 aromatic carbocycles. The van der Waals surface area contributed by atoms with Crippen molar-refractivity contribution in [3.05, 3.63) is 11.9 Å². The number of nitrogens with two attached hydrogens (primary N) is 1. The molecule has 1 heterocycles. The van der Waals surface area contributed by atoms with Gasteiger partial charge >= 0.3 is 0 Å². The zero-order valence-corrected chi connectivity index (χ0v) is 10.6. The first-order valence-corrected chi connectivity index (χ1v) is 5.95. The Bertz CT molecular complexity index is 411. The highest BCUT2D eigenvalue weighted by atomic mass is 16.5. The highest BCUT2D eigenvalue weighted by Gasteiger charge is 2.46. The highest BCUT2D eigenvalue weighted by molar-refractivity contribution is 6.04. The molecule has 5 nitrogen and oxygen atoms in total. The van der Waals surface area contributed by atoms with Gasteiger partial charge in [0.1, 0.15) is 5.69 Å². The van der Waals surface area contributed by atoms with Crippen LogP contribution < -0.4 is 10.5 Å². The molecule has 1 aromatic heterocycles. The Morgan fingerprint density at radius 3 is 2.82 bits per heavy atom. The molecule has 0 bridgehead atoms. The van der Waals surface area contributed by atoms with Crippen molar-refractivity contribution < 1.29 is 9.53 Å². The van der Waals surface area contributed by atoms with Crippen LogP contribution in [0.5, 0.6) is 5.75 Å². The Morgan fingerprint density at radius 2 is 2.35 bits per heavy atom. The summed E-state index contributed by atoms with van der Waals surface area (Å²) >= 11 is 0. The molecule has 0 spiro atoms. The third-order valence-corrected chi connectivity index (χ3v) is 3.46. The smallest absolute Gasteiger partial charge is 0.204 e. The molecule has 1 aliphatic rings. The lowest BCUT2D eigenvalue weighted by atomic mass is 9.89. The average molecular weight is 237 g/mol. The van der Waals surface area contributed by atoms with Gasteiger partial charge in [-0.2, -0.15) is 5.10 Å². The van der Waals surface area contributed by atoms with Gasteiger partial charge in [0.2, 0.25) is 5.78 Å². The molecular weight excluding hydrogens is 218 g/mol. The summed E-state index contributed by atoms with van der Waals surface area (Å²) in [5, 5.41) is 4.14. The van der Waals surface area contributed by atoms with Crippen LogP contribution in [0.2, 0.25) is 0 Å². The molecule has 0 amide bonds. The number of aromatic nitrogens is 2. The number of aryl methyl sites for hydroxylation is 1. The predicted molar refractivity (Wildman–Crippen MR) is 64.1 cm³/mol. The molecule has 0 aliphatic heterocycles. The number of carbonyl (C=O) groups excluding carboxylic acids is 1. The van der Waals surface area contributed by atoms with Crippen LogP contribution in [0.25, 0.3) is 0 Å². The topological polar surface area (TPSA) is 70.1 Å². The molecule has 0 saturated heterocycles. The standard InChI is InChI=1S/C12H19N3O2/c1-4-15-10(9(17-3)7-14-15)11(16)12(2,13)8-5-6-8/h7-8H,4-6,13H2,1-3H3. The minimum atomic E-state index is -0.805. The van der Waals surface area contributed by atoms with Gasteiger partial charge in [0.25, 0.3) is 0 Å². The zero-order valence-electron chi connectivity index (χ0n) is 10.6. The van der Waals surface area contributed by atoms with E-state index in [2.05, 4.69) is 5.10 Å². The van der Waals surface area contributed by atoms with E-state index in [1.807, 2.05) is 6.92 Å². The lowest BCUT2D eigenvalue weighted by molar-refractivity contribution is 0.0868. The van der Waals surface area contributed by atoms with Crippen molar-refractivity contribution in [2.75, 3.05) is 7.11 Å². The van der Waals surface area contributed by atoms with Crippen LogP contribution in [-0.4, -0.2) is 28.2 Å². The third kappa shape index (κ3) is 1.95. The average Bonchev–Trinajstić information content (AvgIpc) is 3.08. The van der Waals surface area contributed by atoms with Gasteiger partial charge in [0, 0.05) is 6.54 Å². The van der Waals surface area contributed by atoms with Crippen LogP contribution in [0.1, 0.15) is 37.2 Å². The second kappa shape index (κ2) is 4.14. The number of Topliss-reactive ketones (excluding diaryl/α,β-unsaturated/α-hetero) is 1. The van der Waals surface area contributed by atoms with E-state index in [9.17, 15) is 4.79 Å². The summed E-state index contributed by atoms with van der Waals surface area (Å²) in [6.45, 7) is 4.37. The van der Waals surface area contributed by atoms with Crippen LogP contribution in [0.3, 0.4) is 0 Å². The summed E-state index contributed by atoms with van der Waals surface area (Å²) in [5.41, 5.74) is 5.84. The van der Waals surface area contributed by atoms with Crippen molar-refractivity contribution in [1.82, 2.24) is 9.78 Å². The van der Waals surface area contributed by atoms with Crippen LogP contribution in [0.4, 0.5) is 0 Å². The SMILES string of the molecule is CCn1ncc(OC)c1C(=O)C(C)(N)C1CC1. The first kappa shape index (κ1) is 12.1. The molecule has 1 fully saturated rings. The second-order valence-corrected chi connectivity index (χ2v) is 4.76. The van der Waals surface area contributed by atoms with Gasteiger partial charge in [0.05, 0.1) is 18.8 Å². The number of ketones is 1. The van der Waals surface area contributed by atoms with Gasteiger partial charge in [-0.1, -0.05) is 0 Å². The lowest BCUT2D eigenvalue weighted by Gasteiger charge is -2.23. The summed E-state index contributed by atoms with van der Waals surface area (Å²) in [4.78, 5) is 12.5. The Morgan fingerprint density at radius 1 is 1.71 bits per heavy atom. The van der Waals surface area contributed by atoms with Crippen molar-refractivity contribution in [2.24, 2.45) is 11.7 Å². The van der Waals surface area contributed by atoms with Crippen molar-refractivity contribution in [1.29, 1.82) is 0 Å². The Balaban J connectivity index is 2.38. The first-order chi connectivity index (χ1) is 8.02. The number of carbonyl (C=O) groups is 1. The molecule has 0 radical (unpaired) electrons. The monoisotopic (exact) mass is 237 g/mol. The third-order valence-electron chi connectivity index (χ3n) is 3.46. The van der Waals surface area contributed by atoms with E-state index in [1.54, 1.807) is 24.9 Å². The Hall–Kier alpha value is -1.36. The van der Waals surface area contributed by atoms with Gasteiger partial charge in [-0.15, -0.1) is 0 Å². The van der Waals surface area contributed by atoms with Crippen LogP contribution in [-0.2, 0) is 6.54 Å². The van der Waals surface area contributed by atoms with E-state index in [1.165, 1.54) is 0 Å². The normalized spacial score (nSPS) is 18.8. The summed E-state index contributed by atoms with van der Waals surface area (Å²) < 4.78 is 6.83. The zero-order chi connectivity index (χ0) is 12.6. The fraction of sp³-hybridized carbons (Fsp3) is 0.667. The maximum absolute atomic E-state index is 12.5. The van der Waals surface area contributed by atoms with Crippen LogP contribution in [0, 0.1) is 5.92 Å². The Labute approximate surface area is 101 Å². The molecule has 1 aromatic rings. The quantitative estimate of drug-likeness (QED) is 0.782. The minimum absolute atomic E-state index is 0.0730. The number of ether oxygens (including phenoxy) is 1. The molecule has 94 valence electrons. The molecule has 2 N–H and O–H groups in total. The predicted octanol–water partition coefficient (Wildman–Crippen LogP) is 1.22. The summed E-state index contributed by atoms with van der Waals surface area (Å²) in [5.74, 6) is 0.727. The molecule has 1 unspecified atom stereocenters. The Kier molecular flexibility index (Phi) is 2.95. The van der Waals surface area contributed by atoms with Crippen molar-refractivity contribution >= 4 is 5.78 Å². The van der Waals surface area contributed by atoms with E-state index in [0.29, 0.717) is 23.9 Å². The van der Waals surface area contributed by atoms with Crippen LogP contribution >= 0.6 is 0 Å². The van der Waals surface area contributed by atoms with Gasteiger partial charge in [-0.3, -0.25) is 9.48 Å². The molecule has 1 atom stereocenters. The van der Waals surface area contributed by atoms with E-state index in [-0.39, 0.29) is 5.78 Å². The summed E-state index contributed by atoms with van der Waals surface area (Å²) in [6.07, 6.45) is 3.63. The van der Waals surface area contributed by atoms with E-state index in [0.717, 1.165) is 12.8 Å². The molecule has 1 saturated carbocycles. The van der Waals surface area contributed by atoms with E-state index in [4.69, 9.17) is 10.5 Å². The summed E-state index contributed by atoms with van der Waals surface area (Å²) in [7, 11) is 1.54. The van der Waals surface area contributed by atoms with Gasteiger partial charge in [-0.05, 0) is 32.6 Å². The minimum Gasteiger partial charge on any atom is -0.493 e. The number of hydrogen-bond acceptors (Lipinski definition) is 4. The highest BCUT2D eigenvalue weighted by Crippen LogP contribution is 2.40. The number of rotatable bonds is 5. The van der Waals surface area contributed by atoms with E-state index >= 15 is 0 Å². The molecular formula is C12H19N3O2.